The molecule has 0 saturated carbocycles. The fourth-order valence-electron chi connectivity index (χ4n) is 0.946. The zero-order chi connectivity index (χ0) is 11.4. The zero-order valence-electron chi connectivity index (χ0n) is 7.22. The molecule has 0 bridgehead atoms. The van der Waals surface area contributed by atoms with Gasteiger partial charge in [0.05, 0.1) is 4.92 Å². The molecule has 0 spiro atoms. The normalized spacial score (nSPS) is 10.1. The van der Waals surface area contributed by atoms with Crippen molar-refractivity contribution in [3.8, 4) is 5.75 Å². The van der Waals surface area contributed by atoms with Gasteiger partial charge in [0.1, 0.15) is 6.29 Å². The summed E-state index contributed by atoms with van der Waals surface area (Å²) in [6, 6.07) is 2.97. The molecule has 0 N–H and O–H groups in total. The third kappa shape index (κ3) is 2.70. The highest BCUT2D eigenvalue weighted by atomic mass is 19.3. The van der Waals surface area contributed by atoms with Gasteiger partial charge in [-0.15, -0.1) is 0 Å². The minimum absolute atomic E-state index is 0.0170. The van der Waals surface area contributed by atoms with Crippen molar-refractivity contribution in [1.29, 1.82) is 0 Å². The lowest BCUT2D eigenvalue weighted by atomic mass is 10.2. The average Bonchev–Trinajstić information content (AvgIpc) is 2.17. The number of halogens is 2. The molecule has 1 aromatic carbocycles. The van der Waals surface area contributed by atoms with Gasteiger partial charge in [0.2, 0.25) is 5.75 Å². The summed E-state index contributed by atoms with van der Waals surface area (Å²) in [5.74, 6) is -0.569. The number of nitrogens with zero attached hydrogens (tertiary/aromatic N) is 1. The molecule has 0 heterocycles. The van der Waals surface area contributed by atoms with Gasteiger partial charge in [-0.2, -0.15) is 8.78 Å². The maximum absolute atomic E-state index is 11.8. The van der Waals surface area contributed by atoms with Crippen LogP contribution in [0.15, 0.2) is 18.2 Å². The average molecular weight is 217 g/mol. The monoisotopic (exact) mass is 217 g/mol. The highest BCUT2D eigenvalue weighted by Crippen LogP contribution is 2.28. The van der Waals surface area contributed by atoms with Crippen molar-refractivity contribution in [3.63, 3.8) is 0 Å². The van der Waals surface area contributed by atoms with E-state index < -0.39 is 23.0 Å². The molecular weight excluding hydrogens is 212 g/mol. The molecule has 0 radical (unpaired) electrons. The SMILES string of the molecule is O=Cc1ccc(OC(F)F)c([N+](=O)[O-])c1. The minimum Gasteiger partial charge on any atom is -0.427 e. The van der Waals surface area contributed by atoms with Crippen LogP contribution in [0.25, 0.3) is 0 Å². The number of carbonyl (C=O) groups excluding carboxylic acids is 1. The number of ether oxygens (including phenoxy) is 1. The first-order valence-corrected chi connectivity index (χ1v) is 3.73. The molecule has 80 valence electrons. The third-order valence-corrected chi connectivity index (χ3v) is 1.53. The first-order valence-electron chi connectivity index (χ1n) is 3.73. The molecular formula is C8H5F2NO4. The molecule has 0 aliphatic heterocycles. The van der Waals surface area contributed by atoms with Gasteiger partial charge in [-0.1, -0.05) is 0 Å². The predicted molar refractivity (Wildman–Crippen MR) is 45.1 cm³/mol. The van der Waals surface area contributed by atoms with Crippen LogP contribution in [-0.4, -0.2) is 17.8 Å². The van der Waals surface area contributed by atoms with E-state index in [2.05, 4.69) is 4.74 Å². The lowest BCUT2D eigenvalue weighted by molar-refractivity contribution is -0.386. The van der Waals surface area contributed by atoms with E-state index in [4.69, 9.17) is 0 Å². The maximum Gasteiger partial charge on any atom is 0.387 e. The largest absolute Gasteiger partial charge is 0.427 e. The van der Waals surface area contributed by atoms with Crippen molar-refractivity contribution in [2.24, 2.45) is 0 Å². The van der Waals surface area contributed by atoms with Crippen molar-refractivity contribution in [2.75, 3.05) is 0 Å². The van der Waals surface area contributed by atoms with E-state index in [0.29, 0.717) is 6.29 Å². The van der Waals surface area contributed by atoms with Gasteiger partial charge in [0.25, 0.3) is 0 Å². The van der Waals surface area contributed by atoms with Gasteiger partial charge in [-0.25, -0.2) is 0 Å². The highest BCUT2D eigenvalue weighted by Gasteiger charge is 2.18. The van der Waals surface area contributed by atoms with E-state index in [0.717, 1.165) is 18.2 Å². The molecule has 0 saturated heterocycles. The summed E-state index contributed by atoms with van der Waals surface area (Å²) in [4.78, 5) is 19.8. The van der Waals surface area contributed by atoms with Gasteiger partial charge in [-0.05, 0) is 12.1 Å². The Hall–Kier alpha value is -2.05. The van der Waals surface area contributed by atoms with Gasteiger partial charge in [-0.3, -0.25) is 14.9 Å². The van der Waals surface area contributed by atoms with E-state index >= 15 is 0 Å². The Labute approximate surface area is 82.4 Å². The fourth-order valence-corrected chi connectivity index (χ4v) is 0.946. The van der Waals surface area contributed by atoms with Crippen molar-refractivity contribution in [2.45, 2.75) is 6.61 Å². The first-order chi connectivity index (χ1) is 7.04. The van der Waals surface area contributed by atoms with Crippen LogP contribution < -0.4 is 4.74 Å². The topological polar surface area (TPSA) is 69.4 Å². The van der Waals surface area contributed by atoms with E-state index in [1.54, 1.807) is 0 Å². The van der Waals surface area contributed by atoms with Crippen LogP contribution in [-0.2, 0) is 0 Å². The molecule has 0 fully saturated rings. The minimum atomic E-state index is -3.15. The van der Waals surface area contributed by atoms with Crippen LogP contribution in [0, 0.1) is 10.1 Å². The highest BCUT2D eigenvalue weighted by molar-refractivity contribution is 5.77. The summed E-state index contributed by atoms with van der Waals surface area (Å²) in [6.07, 6.45) is 0.374. The number of carbonyl (C=O) groups is 1. The Morgan fingerprint density at radius 2 is 2.13 bits per heavy atom. The lowest BCUT2D eigenvalue weighted by Gasteiger charge is -2.04. The van der Waals surface area contributed by atoms with Crippen LogP contribution in [0.3, 0.4) is 0 Å². The number of rotatable bonds is 4. The van der Waals surface area contributed by atoms with Crippen LogP contribution >= 0.6 is 0 Å². The Bertz CT molecular complexity index is 394. The summed E-state index contributed by atoms with van der Waals surface area (Å²) in [6.45, 7) is -3.15. The maximum atomic E-state index is 11.8. The van der Waals surface area contributed by atoms with Gasteiger partial charge in [0.15, 0.2) is 0 Å². The molecule has 5 nitrogen and oxygen atoms in total. The van der Waals surface area contributed by atoms with Gasteiger partial charge >= 0.3 is 12.3 Å². The summed E-state index contributed by atoms with van der Waals surface area (Å²) in [7, 11) is 0. The second-order valence-corrected chi connectivity index (χ2v) is 2.48. The quantitative estimate of drug-likeness (QED) is 0.439. The van der Waals surface area contributed by atoms with Gasteiger partial charge < -0.3 is 4.74 Å². The Morgan fingerprint density at radius 3 is 2.60 bits per heavy atom. The third-order valence-electron chi connectivity index (χ3n) is 1.53. The Morgan fingerprint density at radius 1 is 1.47 bits per heavy atom. The number of hydrogen-bond donors (Lipinski definition) is 0. The second kappa shape index (κ2) is 4.45. The molecule has 0 unspecified atom stereocenters. The van der Waals surface area contributed by atoms with Crippen LogP contribution in [0.5, 0.6) is 5.75 Å². The molecule has 1 aromatic rings. The number of benzene rings is 1. The molecule has 1 rings (SSSR count). The van der Waals surface area contributed by atoms with Crippen LogP contribution in [0.1, 0.15) is 10.4 Å². The Balaban J connectivity index is 3.14. The van der Waals surface area contributed by atoms with Crippen molar-refractivity contribution < 1.29 is 23.2 Å². The molecule has 15 heavy (non-hydrogen) atoms. The number of alkyl halides is 2. The summed E-state index contributed by atoms with van der Waals surface area (Å²) in [5.41, 5.74) is -0.650. The molecule has 0 amide bonds. The summed E-state index contributed by atoms with van der Waals surface area (Å²) >= 11 is 0. The predicted octanol–water partition coefficient (Wildman–Crippen LogP) is 2.01. The molecule has 0 atom stereocenters. The fraction of sp³-hybridized carbons (Fsp3) is 0.125. The lowest BCUT2D eigenvalue weighted by Crippen LogP contribution is -2.04. The summed E-state index contributed by atoms with van der Waals surface area (Å²) < 4.78 is 27.6. The zero-order valence-corrected chi connectivity index (χ0v) is 7.22. The van der Waals surface area contributed by atoms with E-state index in [9.17, 15) is 23.7 Å². The standard InChI is InChI=1S/C8H5F2NO4/c9-8(10)15-7-2-1-5(4-12)3-6(7)11(13)14/h1-4,8H. The van der Waals surface area contributed by atoms with E-state index in [-0.39, 0.29) is 5.56 Å². The van der Waals surface area contributed by atoms with E-state index in [1.807, 2.05) is 0 Å². The van der Waals surface area contributed by atoms with Crippen LogP contribution in [0.2, 0.25) is 0 Å². The van der Waals surface area contributed by atoms with Crippen molar-refractivity contribution in [3.05, 3.63) is 33.9 Å². The first kappa shape index (κ1) is 11.0. The molecule has 0 aromatic heterocycles. The smallest absolute Gasteiger partial charge is 0.387 e. The molecule has 7 heteroatoms. The van der Waals surface area contributed by atoms with Crippen molar-refractivity contribution >= 4 is 12.0 Å². The van der Waals surface area contributed by atoms with Crippen LogP contribution in [0.4, 0.5) is 14.5 Å². The second-order valence-electron chi connectivity index (χ2n) is 2.48. The number of aldehydes is 1. The summed E-state index contributed by atoms with van der Waals surface area (Å²) in [5, 5.41) is 10.4. The number of nitro benzene ring substituents is 1. The number of nitro groups is 1. The van der Waals surface area contributed by atoms with E-state index in [1.165, 1.54) is 0 Å². The molecule has 0 aliphatic carbocycles. The van der Waals surface area contributed by atoms with Crippen molar-refractivity contribution in [1.82, 2.24) is 0 Å². The molecule has 0 aliphatic rings. The van der Waals surface area contributed by atoms with Gasteiger partial charge in [0, 0.05) is 11.6 Å². The Kier molecular flexibility index (Phi) is 3.27. The number of hydrogen-bond acceptors (Lipinski definition) is 4.